The minimum Gasteiger partial charge on any atom is -0.324 e. The monoisotopic (exact) mass is 151 g/mol. The number of hydrogen-bond donors (Lipinski definition) is 1. The zero-order chi connectivity index (χ0) is 8.43. The van der Waals surface area contributed by atoms with Gasteiger partial charge in [-0.2, -0.15) is 0 Å². The highest BCUT2D eigenvalue weighted by Crippen LogP contribution is 2.28. The Morgan fingerprint density at radius 3 is 2.64 bits per heavy atom. The maximum atomic E-state index is 5.87. The van der Waals surface area contributed by atoms with Gasteiger partial charge < -0.3 is 5.73 Å². The van der Waals surface area contributed by atoms with E-state index in [0.29, 0.717) is 11.8 Å². The molecule has 0 radical (unpaired) electrons. The molecule has 0 aromatic rings. The molecule has 0 bridgehead atoms. The largest absolute Gasteiger partial charge is 0.324 e. The Balaban J connectivity index is 2.56. The summed E-state index contributed by atoms with van der Waals surface area (Å²) in [5.74, 6) is 1.06. The van der Waals surface area contributed by atoms with Gasteiger partial charge in [-0.1, -0.05) is 38.2 Å². The lowest BCUT2D eigenvalue weighted by Gasteiger charge is -2.20. The normalized spacial score (nSPS) is 29.8. The van der Waals surface area contributed by atoms with Gasteiger partial charge in [0.05, 0.1) is 0 Å². The molecule has 0 heterocycles. The third-order valence-corrected chi connectivity index (χ3v) is 2.43. The van der Waals surface area contributed by atoms with Crippen LogP contribution in [0.4, 0.5) is 0 Å². The standard InChI is InChI=1S/C10H17N/c1-7(2)8(3)9-5-4-6-10(9)11/h4,6-7,9-10H,3,5,11H2,1-2H3/t9-,10-/m1/s1. The highest BCUT2D eigenvalue weighted by Gasteiger charge is 2.22. The summed E-state index contributed by atoms with van der Waals surface area (Å²) in [5, 5.41) is 0. The predicted octanol–water partition coefficient (Wildman–Crippen LogP) is 2.10. The Bertz CT molecular complexity index is 179. The Labute approximate surface area is 69.0 Å². The van der Waals surface area contributed by atoms with Gasteiger partial charge in [0.25, 0.3) is 0 Å². The molecule has 0 aromatic heterocycles. The van der Waals surface area contributed by atoms with Gasteiger partial charge in [-0.25, -0.2) is 0 Å². The lowest BCUT2D eigenvalue weighted by molar-refractivity contribution is 0.526. The van der Waals surface area contributed by atoms with Gasteiger partial charge in [0.2, 0.25) is 0 Å². The first-order valence-corrected chi connectivity index (χ1v) is 4.24. The van der Waals surface area contributed by atoms with Gasteiger partial charge in [-0.15, -0.1) is 0 Å². The molecule has 1 rings (SSSR count). The van der Waals surface area contributed by atoms with Crippen LogP contribution in [-0.4, -0.2) is 6.04 Å². The van der Waals surface area contributed by atoms with Crippen molar-refractivity contribution >= 4 is 0 Å². The molecule has 1 aliphatic carbocycles. The molecule has 2 atom stereocenters. The van der Waals surface area contributed by atoms with Crippen molar-refractivity contribution in [2.75, 3.05) is 0 Å². The second-order valence-corrected chi connectivity index (χ2v) is 3.58. The summed E-state index contributed by atoms with van der Waals surface area (Å²) in [5.41, 5.74) is 7.16. The lowest BCUT2D eigenvalue weighted by atomic mass is 9.87. The van der Waals surface area contributed by atoms with Crippen LogP contribution >= 0.6 is 0 Å². The van der Waals surface area contributed by atoms with Crippen LogP contribution in [0.25, 0.3) is 0 Å². The molecule has 1 heteroatoms. The first-order valence-electron chi connectivity index (χ1n) is 4.24. The van der Waals surface area contributed by atoms with Crippen molar-refractivity contribution < 1.29 is 0 Å². The SMILES string of the molecule is C=C(C(C)C)[C@H]1CC=C[C@H]1N. The van der Waals surface area contributed by atoms with E-state index in [0.717, 1.165) is 6.42 Å². The number of nitrogens with two attached hydrogens (primary N) is 1. The summed E-state index contributed by atoms with van der Waals surface area (Å²) in [6.45, 7) is 8.41. The maximum Gasteiger partial charge on any atom is 0.0293 e. The van der Waals surface area contributed by atoms with E-state index in [1.807, 2.05) is 0 Å². The molecule has 2 N–H and O–H groups in total. The van der Waals surface area contributed by atoms with E-state index >= 15 is 0 Å². The van der Waals surface area contributed by atoms with Crippen LogP contribution in [0.1, 0.15) is 20.3 Å². The molecule has 0 aliphatic heterocycles. The van der Waals surface area contributed by atoms with E-state index in [1.165, 1.54) is 5.57 Å². The molecule has 0 amide bonds. The van der Waals surface area contributed by atoms with Crippen molar-refractivity contribution in [2.24, 2.45) is 17.6 Å². The fourth-order valence-electron chi connectivity index (χ4n) is 1.50. The average Bonchev–Trinajstić information content (AvgIpc) is 2.33. The second-order valence-electron chi connectivity index (χ2n) is 3.58. The summed E-state index contributed by atoms with van der Waals surface area (Å²) in [4.78, 5) is 0. The van der Waals surface area contributed by atoms with Crippen molar-refractivity contribution in [2.45, 2.75) is 26.3 Å². The Hall–Kier alpha value is -0.560. The summed E-state index contributed by atoms with van der Waals surface area (Å²) < 4.78 is 0. The van der Waals surface area contributed by atoms with Crippen LogP contribution < -0.4 is 5.73 Å². The molecular formula is C10H17N. The van der Waals surface area contributed by atoms with Gasteiger partial charge in [-0.05, 0) is 12.3 Å². The smallest absolute Gasteiger partial charge is 0.0293 e. The van der Waals surface area contributed by atoms with Crippen LogP contribution in [0.2, 0.25) is 0 Å². The third kappa shape index (κ3) is 1.72. The van der Waals surface area contributed by atoms with Crippen LogP contribution in [-0.2, 0) is 0 Å². The van der Waals surface area contributed by atoms with Gasteiger partial charge in [0, 0.05) is 12.0 Å². The van der Waals surface area contributed by atoms with Crippen LogP contribution in [0.15, 0.2) is 24.3 Å². The van der Waals surface area contributed by atoms with Crippen LogP contribution in [0.5, 0.6) is 0 Å². The van der Waals surface area contributed by atoms with Crippen molar-refractivity contribution in [1.29, 1.82) is 0 Å². The molecule has 0 saturated carbocycles. The fraction of sp³-hybridized carbons (Fsp3) is 0.600. The summed E-state index contributed by atoms with van der Waals surface area (Å²) in [7, 11) is 0. The minimum absolute atomic E-state index is 0.213. The van der Waals surface area contributed by atoms with E-state index in [-0.39, 0.29) is 6.04 Å². The Morgan fingerprint density at radius 1 is 1.64 bits per heavy atom. The zero-order valence-corrected chi connectivity index (χ0v) is 7.38. The Morgan fingerprint density at radius 2 is 2.27 bits per heavy atom. The first kappa shape index (κ1) is 8.54. The molecule has 1 aliphatic rings. The fourth-order valence-corrected chi connectivity index (χ4v) is 1.50. The van der Waals surface area contributed by atoms with Crippen LogP contribution in [0, 0.1) is 11.8 Å². The van der Waals surface area contributed by atoms with Gasteiger partial charge in [-0.3, -0.25) is 0 Å². The molecule has 0 unspecified atom stereocenters. The van der Waals surface area contributed by atoms with Crippen molar-refractivity contribution in [3.05, 3.63) is 24.3 Å². The lowest BCUT2D eigenvalue weighted by Crippen LogP contribution is -2.26. The average molecular weight is 151 g/mol. The molecule has 0 saturated heterocycles. The van der Waals surface area contributed by atoms with E-state index in [2.05, 4.69) is 32.6 Å². The molecule has 1 nitrogen and oxygen atoms in total. The predicted molar refractivity (Wildman–Crippen MR) is 49.2 cm³/mol. The highest BCUT2D eigenvalue weighted by atomic mass is 14.7. The molecule has 0 aromatic carbocycles. The highest BCUT2D eigenvalue weighted by molar-refractivity contribution is 5.17. The molecular weight excluding hydrogens is 134 g/mol. The van der Waals surface area contributed by atoms with E-state index < -0.39 is 0 Å². The van der Waals surface area contributed by atoms with Crippen molar-refractivity contribution in [3.63, 3.8) is 0 Å². The summed E-state index contributed by atoms with van der Waals surface area (Å²) in [6.07, 6.45) is 5.32. The number of hydrogen-bond acceptors (Lipinski definition) is 1. The minimum atomic E-state index is 0.213. The number of allylic oxidation sites excluding steroid dienone is 1. The topological polar surface area (TPSA) is 26.0 Å². The van der Waals surface area contributed by atoms with E-state index in [9.17, 15) is 0 Å². The van der Waals surface area contributed by atoms with Gasteiger partial charge >= 0.3 is 0 Å². The van der Waals surface area contributed by atoms with E-state index in [1.54, 1.807) is 0 Å². The quantitative estimate of drug-likeness (QED) is 0.601. The van der Waals surface area contributed by atoms with E-state index in [4.69, 9.17) is 5.73 Å². The third-order valence-electron chi connectivity index (χ3n) is 2.43. The van der Waals surface area contributed by atoms with Crippen molar-refractivity contribution in [3.8, 4) is 0 Å². The molecule has 11 heavy (non-hydrogen) atoms. The second kappa shape index (κ2) is 3.22. The van der Waals surface area contributed by atoms with Crippen LogP contribution in [0.3, 0.4) is 0 Å². The maximum absolute atomic E-state index is 5.87. The summed E-state index contributed by atoms with van der Waals surface area (Å²) in [6, 6.07) is 0.213. The molecule has 62 valence electrons. The number of rotatable bonds is 2. The first-order chi connectivity index (χ1) is 5.13. The van der Waals surface area contributed by atoms with Crippen molar-refractivity contribution in [1.82, 2.24) is 0 Å². The van der Waals surface area contributed by atoms with Gasteiger partial charge in [0.1, 0.15) is 0 Å². The molecule has 0 spiro atoms. The molecule has 0 fully saturated rings. The Kier molecular flexibility index (Phi) is 2.50. The zero-order valence-electron chi connectivity index (χ0n) is 7.38. The van der Waals surface area contributed by atoms with Gasteiger partial charge in [0.15, 0.2) is 0 Å². The summed E-state index contributed by atoms with van der Waals surface area (Å²) >= 11 is 0.